The van der Waals surface area contributed by atoms with E-state index in [1.54, 1.807) is 0 Å². The van der Waals surface area contributed by atoms with E-state index in [2.05, 4.69) is 5.92 Å². The minimum Gasteiger partial charge on any atom is -0.481 e. The Balaban J connectivity index is 3.65. The third-order valence-corrected chi connectivity index (χ3v) is 1.60. The largest absolute Gasteiger partial charge is 0.481 e. The van der Waals surface area contributed by atoms with Gasteiger partial charge >= 0.3 is 11.9 Å². The molecule has 0 saturated carbocycles. The monoisotopic (exact) mass is 198 g/mol. The smallest absolute Gasteiger partial charge is 0.307 e. The number of hydrogen-bond donors (Lipinski definition) is 1. The van der Waals surface area contributed by atoms with Gasteiger partial charge in [0.1, 0.15) is 0 Å². The van der Waals surface area contributed by atoms with E-state index in [1.807, 2.05) is 6.92 Å². The molecule has 0 spiro atoms. The zero-order valence-electron chi connectivity index (χ0n) is 8.16. The Morgan fingerprint density at radius 2 is 2.14 bits per heavy atom. The molecule has 0 aromatic rings. The lowest BCUT2D eigenvalue weighted by Crippen LogP contribution is -2.15. The summed E-state index contributed by atoms with van der Waals surface area (Å²) in [5.74, 6) is 0.973. The summed E-state index contributed by atoms with van der Waals surface area (Å²) >= 11 is 0. The van der Waals surface area contributed by atoms with Gasteiger partial charge in [0.2, 0.25) is 0 Å². The Bertz CT molecular complexity index is 239. The van der Waals surface area contributed by atoms with E-state index in [-0.39, 0.29) is 19.3 Å². The average Bonchev–Trinajstić information content (AvgIpc) is 2.13. The Hall–Kier alpha value is -1.50. The van der Waals surface area contributed by atoms with Crippen LogP contribution in [-0.4, -0.2) is 23.1 Å². The number of esters is 1. The predicted octanol–water partition coefficient (Wildman–Crippen LogP) is 1.20. The first-order chi connectivity index (χ1) is 6.60. The summed E-state index contributed by atoms with van der Waals surface area (Å²) in [5, 5.41) is 8.32. The lowest BCUT2D eigenvalue weighted by atomic mass is 10.2. The predicted molar refractivity (Wildman–Crippen MR) is 50.5 cm³/mol. The SMILES string of the molecule is C#CC(CC)OC(=O)CCCC(=O)O. The molecule has 0 aliphatic heterocycles. The van der Waals surface area contributed by atoms with Crippen LogP contribution in [-0.2, 0) is 14.3 Å². The second-order valence-electron chi connectivity index (χ2n) is 2.80. The van der Waals surface area contributed by atoms with Gasteiger partial charge < -0.3 is 9.84 Å². The summed E-state index contributed by atoms with van der Waals surface area (Å²) in [6.07, 6.45) is 5.53. The lowest BCUT2D eigenvalue weighted by Gasteiger charge is -2.09. The molecule has 1 atom stereocenters. The van der Waals surface area contributed by atoms with Gasteiger partial charge in [0.05, 0.1) is 0 Å². The van der Waals surface area contributed by atoms with Crippen LogP contribution in [0.3, 0.4) is 0 Å². The average molecular weight is 198 g/mol. The van der Waals surface area contributed by atoms with E-state index in [4.69, 9.17) is 16.3 Å². The van der Waals surface area contributed by atoms with Gasteiger partial charge in [-0.05, 0) is 12.8 Å². The normalized spacial score (nSPS) is 11.4. The minimum atomic E-state index is -0.915. The van der Waals surface area contributed by atoms with Crippen molar-refractivity contribution >= 4 is 11.9 Å². The van der Waals surface area contributed by atoms with Crippen LogP contribution < -0.4 is 0 Å². The maximum absolute atomic E-state index is 11.0. The summed E-state index contributed by atoms with van der Waals surface area (Å²) in [6.45, 7) is 1.81. The van der Waals surface area contributed by atoms with Crippen molar-refractivity contribution in [2.45, 2.75) is 38.7 Å². The molecule has 1 unspecified atom stereocenters. The summed E-state index contributed by atoms with van der Waals surface area (Å²) in [7, 11) is 0. The molecule has 0 amide bonds. The van der Waals surface area contributed by atoms with Gasteiger partial charge in [0, 0.05) is 12.8 Å². The molecule has 0 bridgehead atoms. The van der Waals surface area contributed by atoms with Crippen molar-refractivity contribution in [1.82, 2.24) is 0 Å². The Morgan fingerprint density at radius 3 is 2.57 bits per heavy atom. The topological polar surface area (TPSA) is 63.6 Å². The van der Waals surface area contributed by atoms with Gasteiger partial charge in [-0.15, -0.1) is 6.42 Å². The third kappa shape index (κ3) is 6.06. The molecule has 0 aliphatic rings. The van der Waals surface area contributed by atoms with Crippen LogP contribution >= 0.6 is 0 Å². The van der Waals surface area contributed by atoms with Gasteiger partial charge in [0.15, 0.2) is 6.10 Å². The maximum atomic E-state index is 11.0. The highest BCUT2D eigenvalue weighted by Crippen LogP contribution is 2.02. The van der Waals surface area contributed by atoms with E-state index >= 15 is 0 Å². The summed E-state index contributed by atoms with van der Waals surface area (Å²) in [5.41, 5.74) is 0. The fourth-order valence-electron chi connectivity index (χ4n) is 0.837. The molecular weight excluding hydrogens is 184 g/mol. The molecular formula is C10H14O4. The van der Waals surface area contributed by atoms with Crippen molar-refractivity contribution in [3.63, 3.8) is 0 Å². The van der Waals surface area contributed by atoms with Gasteiger partial charge in [-0.25, -0.2) is 0 Å². The number of rotatable bonds is 6. The number of carbonyl (C=O) groups is 2. The first-order valence-corrected chi connectivity index (χ1v) is 4.47. The van der Waals surface area contributed by atoms with Crippen LogP contribution in [0.1, 0.15) is 32.6 Å². The fraction of sp³-hybridized carbons (Fsp3) is 0.600. The molecule has 0 aliphatic carbocycles. The molecule has 0 radical (unpaired) electrons. The fourth-order valence-corrected chi connectivity index (χ4v) is 0.837. The molecule has 0 fully saturated rings. The number of terminal acetylenes is 1. The quantitative estimate of drug-likeness (QED) is 0.514. The molecule has 0 saturated heterocycles. The van der Waals surface area contributed by atoms with Crippen LogP contribution in [0.2, 0.25) is 0 Å². The molecule has 0 aromatic carbocycles. The van der Waals surface area contributed by atoms with E-state index in [0.29, 0.717) is 6.42 Å². The lowest BCUT2D eigenvalue weighted by molar-refractivity contribution is -0.146. The van der Waals surface area contributed by atoms with Gasteiger partial charge in [-0.3, -0.25) is 9.59 Å². The van der Waals surface area contributed by atoms with Crippen LogP contribution in [0.5, 0.6) is 0 Å². The number of ether oxygens (including phenoxy) is 1. The Labute approximate surface area is 83.3 Å². The number of hydrogen-bond acceptors (Lipinski definition) is 3. The van der Waals surface area contributed by atoms with Crippen LogP contribution in [0.4, 0.5) is 0 Å². The Kier molecular flexibility index (Phi) is 6.21. The van der Waals surface area contributed by atoms with E-state index in [0.717, 1.165) is 0 Å². The van der Waals surface area contributed by atoms with E-state index < -0.39 is 18.0 Å². The van der Waals surface area contributed by atoms with Crippen molar-refractivity contribution in [2.75, 3.05) is 0 Å². The van der Waals surface area contributed by atoms with Gasteiger partial charge in [0.25, 0.3) is 0 Å². The molecule has 0 rings (SSSR count). The Morgan fingerprint density at radius 1 is 1.50 bits per heavy atom. The summed E-state index contributed by atoms with van der Waals surface area (Å²) in [6, 6.07) is 0. The molecule has 1 N–H and O–H groups in total. The van der Waals surface area contributed by atoms with Crippen molar-refractivity contribution in [1.29, 1.82) is 0 Å². The molecule has 0 aromatic heterocycles. The van der Waals surface area contributed by atoms with Crippen molar-refractivity contribution in [2.24, 2.45) is 0 Å². The number of carbonyl (C=O) groups excluding carboxylic acids is 1. The first-order valence-electron chi connectivity index (χ1n) is 4.47. The molecule has 0 heterocycles. The highest BCUT2D eigenvalue weighted by molar-refractivity contribution is 5.71. The molecule has 4 heteroatoms. The third-order valence-electron chi connectivity index (χ3n) is 1.60. The minimum absolute atomic E-state index is 0.0258. The van der Waals surface area contributed by atoms with Crippen molar-refractivity contribution in [3.05, 3.63) is 0 Å². The van der Waals surface area contributed by atoms with Crippen LogP contribution in [0, 0.1) is 12.3 Å². The van der Waals surface area contributed by atoms with E-state index in [1.165, 1.54) is 0 Å². The zero-order chi connectivity index (χ0) is 11.0. The van der Waals surface area contributed by atoms with Gasteiger partial charge in [-0.2, -0.15) is 0 Å². The molecule has 4 nitrogen and oxygen atoms in total. The first kappa shape index (κ1) is 12.5. The zero-order valence-corrected chi connectivity index (χ0v) is 8.16. The van der Waals surface area contributed by atoms with Crippen LogP contribution in [0.15, 0.2) is 0 Å². The maximum Gasteiger partial charge on any atom is 0.307 e. The number of aliphatic carboxylic acids is 1. The molecule has 14 heavy (non-hydrogen) atoms. The van der Waals surface area contributed by atoms with Crippen LogP contribution in [0.25, 0.3) is 0 Å². The highest BCUT2D eigenvalue weighted by atomic mass is 16.5. The highest BCUT2D eigenvalue weighted by Gasteiger charge is 2.09. The molecule has 78 valence electrons. The second kappa shape index (κ2) is 6.96. The van der Waals surface area contributed by atoms with Crippen molar-refractivity contribution < 1.29 is 19.4 Å². The van der Waals surface area contributed by atoms with Crippen molar-refractivity contribution in [3.8, 4) is 12.3 Å². The summed E-state index contributed by atoms with van der Waals surface area (Å²) in [4.78, 5) is 21.2. The van der Waals surface area contributed by atoms with E-state index in [9.17, 15) is 9.59 Å². The second-order valence-corrected chi connectivity index (χ2v) is 2.80. The summed E-state index contributed by atoms with van der Waals surface area (Å²) < 4.78 is 4.86. The standard InChI is InChI=1S/C10H14O4/c1-3-8(4-2)14-10(13)7-5-6-9(11)12/h1,8H,4-7H2,2H3,(H,11,12). The number of carboxylic acid groups (broad SMARTS) is 1. The number of carboxylic acids is 1. The van der Waals surface area contributed by atoms with Gasteiger partial charge in [-0.1, -0.05) is 12.8 Å².